The molecule has 0 spiro atoms. The maximum Gasteiger partial charge on any atom is 0.471 e. The summed E-state index contributed by atoms with van der Waals surface area (Å²) in [6.45, 7) is 1.98. The Balaban J connectivity index is 0.000000157. The third kappa shape index (κ3) is 17.4. The van der Waals surface area contributed by atoms with Gasteiger partial charge < -0.3 is 38.3 Å². The van der Waals surface area contributed by atoms with Gasteiger partial charge in [-0.25, -0.2) is 18.7 Å². The average molecular weight is 1460 g/mol. The normalized spacial score (nSPS) is 26.9. The highest BCUT2D eigenvalue weighted by molar-refractivity contribution is 8.00. The number of anilines is 3. The molecule has 4 aromatic heterocycles. The number of benzene rings is 2. The van der Waals surface area contributed by atoms with Gasteiger partial charge in [-0.2, -0.15) is 44.5 Å². The number of amides is 3. The summed E-state index contributed by atoms with van der Waals surface area (Å²) < 4.78 is 190. The van der Waals surface area contributed by atoms with Crippen LogP contribution in [0.4, 0.5) is 66.1 Å². The summed E-state index contributed by atoms with van der Waals surface area (Å²) in [7, 11) is -6.40. The van der Waals surface area contributed by atoms with Crippen molar-refractivity contribution < 1.29 is 84.2 Å². The topological polar surface area (TPSA) is 225 Å². The molecule has 6 fully saturated rings. The standard InChI is InChI=1S/C20H22ClF3N4O2S2.2C20H22F4N4O3S/c1-32(30)8-4-13(5-9-32)19(29)28-7-6-27(12-14(28)15-2-3-17(21)31-15)18-11-25-16(10-26-18)20(22,23)24;1-32(30)10-6-14(7-11-32)17(29)28-9-8-27(19-25-18(31-26-19)20(22,23)24)12-16(28)13-2-4-15(21)5-3-13;1-32(30)10-6-13(7-11-32)17(29)28-9-8-27(19-26-25-18(31-19)20(22,23)24)12-16(28)14-4-2-3-5-15(14)21/h2-3,10-11,13-14H,1,4-9,12H2;2-5,14,16H,1,6-12H2;2-5,13,16H,1,6-12H2. The van der Waals surface area contributed by atoms with E-state index in [1.807, 2.05) is 15.9 Å². The zero-order chi connectivity index (χ0) is 69.3. The number of hydrogen-bond acceptors (Lipinski definition) is 18. The van der Waals surface area contributed by atoms with Gasteiger partial charge in [0.05, 0.1) is 34.9 Å². The minimum Gasteiger partial charge on any atom is -0.399 e. The third-order valence-corrected chi connectivity index (χ3v) is 24.8. The van der Waals surface area contributed by atoms with E-state index < -0.39 is 88.3 Å². The SMILES string of the molecule is C=S1(=O)CCC(C(=O)N2CCN(c3cnc(C(F)(F)F)cn3)CC2c2ccc(Cl)s2)CC1.C=S1(=O)CCC(C(=O)N2CCN(c3nnc(C(F)(F)F)o3)CC2c2ccccc2F)CC1.C=S1(=O)CCC(C(=O)N2CCN(c3noc(C(F)(F)F)n3)CC2c2ccc(F)cc2)CC1. The zero-order valence-electron chi connectivity index (χ0n) is 51.2. The first-order chi connectivity index (χ1) is 45.1. The van der Waals surface area contributed by atoms with Gasteiger partial charge in [-0.05, 0) is 126 Å². The van der Waals surface area contributed by atoms with Crippen molar-refractivity contribution in [3.8, 4) is 0 Å². The van der Waals surface area contributed by atoms with Gasteiger partial charge in [-0.1, -0.05) is 47.0 Å². The molecule has 6 aromatic rings. The summed E-state index contributed by atoms with van der Waals surface area (Å²) in [5, 5.41) is 9.98. The number of nitrogens with zero attached hydrogens (tertiary/aromatic N) is 12. The number of halogens is 12. The first kappa shape index (κ1) is 71.7. The maximum absolute atomic E-state index is 14.6. The maximum atomic E-state index is 14.6. The number of aromatic nitrogens is 6. The van der Waals surface area contributed by atoms with Gasteiger partial charge in [0.25, 0.3) is 5.95 Å². The van der Waals surface area contributed by atoms with Crippen LogP contribution in [0, 0.1) is 29.4 Å². The van der Waals surface area contributed by atoms with Crippen LogP contribution in [-0.4, -0.2) is 186 Å². The second-order valence-electron chi connectivity index (χ2n) is 24.2. The van der Waals surface area contributed by atoms with Crippen LogP contribution in [0.3, 0.4) is 0 Å². The summed E-state index contributed by atoms with van der Waals surface area (Å²) >= 11 is 7.50. The van der Waals surface area contributed by atoms with Crippen LogP contribution >= 0.6 is 22.9 Å². The second-order valence-corrected chi connectivity index (χ2v) is 34.2. The van der Waals surface area contributed by atoms with Crippen molar-refractivity contribution in [1.82, 2.24) is 45.0 Å². The highest BCUT2D eigenvalue weighted by atomic mass is 35.5. The monoisotopic (exact) mass is 1450 g/mol. The van der Waals surface area contributed by atoms with Crippen LogP contribution in [0.15, 0.2) is 82.0 Å². The number of carbonyl (C=O) groups excluding carboxylic acids is 3. The van der Waals surface area contributed by atoms with E-state index in [2.05, 4.69) is 52.4 Å². The first-order valence-electron chi connectivity index (χ1n) is 30.2. The lowest BCUT2D eigenvalue weighted by Crippen LogP contribution is -2.53. The molecule has 6 saturated heterocycles. The highest BCUT2D eigenvalue weighted by Crippen LogP contribution is 2.40. The molecule has 0 radical (unpaired) electrons. The molecule has 20 nitrogen and oxygen atoms in total. The predicted octanol–water partition coefficient (Wildman–Crippen LogP) is 9.21. The molecule has 10 heterocycles. The van der Waals surface area contributed by atoms with Gasteiger partial charge in [-0.3, -0.25) is 27.0 Å². The van der Waals surface area contributed by atoms with E-state index >= 15 is 0 Å². The number of thiophene rings is 1. The fourth-order valence-corrected chi connectivity index (χ4v) is 18.4. The van der Waals surface area contributed by atoms with Crippen molar-refractivity contribution in [2.45, 2.75) is 75.2 Å². The molecule has 3 amide bonds. The van der Waals surface area contributed by atoms with E-state index in [1.165, 1.54) is 45.4 Å². The van der Waals surface area contributed by atoms with E-state index in [0.29, 0.717) is 108 Å². The molecule has 6 aliphatic rings. The molecular weight excluding hydrogens is 1390 g/mol. The molecule has 2 aromatic carbocycles. The Morgan fingerprint density at radius 2 is 1.04 bits per heavy atom. The highest BCUT2D eigenvalue weighted by Gasteiger charge is 2.45. The minimum atomic E-state index is -4.78. The van der Waals surface area contributed by atoms with Crippen molar-refractivity contribution >= 4 is 105 Å². The Bertz CT molecular complexity index is 4060. The average Bonchev–Trinajstić information content (AvgIpc) is 1.14. The quantitative estimate of drug-likeness (QED) is 0.0971. The van der Waals surface area contributed by atoms with Crippen molar-refractivity contribution in [3.63, 3.8) is 0 Å². The van der Waals surface area contributed by atoms with Gasteiger partial charge in [0.1, 0.15) is 17.5 Å². The molecule has 36 heteroatoms. The Kier molecular flexibility index (Phi) is 21.5. The Morgan fingerprint density at radius 3 is 1.51 bits per heavy atom. The minimum absolute atomic E-state index is 0.00701. The molecule has 522 valence electrons. The van der Waals surface area contributed by atoms with Gasteiger partial charge in [0, 0.05) is 122 Å². The lowest BCUT2D eigenvalue weighted by molar-refractivity contribution is -0.159. The number of rotatable bonds is 9. The van der Waals surface area contributed by atoms with E-state index in [1.54, 1.807) is 40.1 Å². The Hall–Kier alpha value is -7.11. The van der Waals surface area contributed by atoms with Crippen LogP contribution in [-0.2, 0) is 61.5 Å². The summed E-state index contributed by atoms with van der Waals surface area (Å²) in [5.41, 5.74) is -0.158. The fourth-order valence-electron chi connectivity index (χ4n) is 12.3. The second kappa shape index (κ2) is 28.8. The van der Waals surface area contributed by atoms with Crippen molar-refractivity contribution in [2.24, 2.45) is 17.8 Å². The van der Waals surface area contributed by atoms with Crippen molar-refractivity contribution in [3.05, 3.63) is 123 Å². The predicted molar refractivity (Wildman–Crippen MR) is 341 cm³/mol. The summed E-state index contributed by atoms with van der Waals surface area (Å²) in [6.07, 6.45) is -9.34. The molecule has 96 heavy (non-hydrogen) atoms. The molecular formula is C60H66ClF11N12O8S4. The van der Waals surface area contributed by atoms with Crippen LogP contribution in [0.25, 0.3) is 0 Å². The Morgan fingerprint density at radius 1 is 0.552 bits per heavy atom. The molecule has 0 saturated carbocycles. The van der Waals surface area contributed by atoms with Gasteiger partial charge >= 0.3 is 36.3 Å². The Labute approximate surface area is 554 Å². The molecule has 3 atom stereocenters. The number of alkyl halides is 9. The number of hydrogen-bond donors (Lipinski definition) is 0. The summed E-state index contributed by atoms with van der Waals surface area (Å²) in [4.78, 5) is 61.6. The van der Waals surface area contributed by atoms with Crippen LogP contribution in [0.5, 0.6) is 0 Å². The van der Waals surface area contributed by atoms with Crippen LogP contribution < -0.4 is 14.7 Å². The smallest absolute Gasteiger partial charge is 0.399 e. The molecule has 6 aliphatic heterocycles. The lowest BCUT2D eigenvalue weighted by atomic mass is 9.96. The zero-order valence-corrected chi connectivity index (χ0v) is 55.2. The van der Waals surface area contributed by atoms with Crippen molar-refractivity contribution in [1.29, 1.82) is 0 Å². The third-order valence-electron chi connectivity index (χ3n) is 17.6. The van der Waals surface area contributed by atoms with E-state index in [4.69, 9.17) is 16.0 Å². The van der Waals surface area contributed by atoms with E-state index in [-0.39, 0.29) is 98.3 Å². The van der Waals surface area contributed by atoms with Crippen molar-refractivity contribution in [2.75, 3.05) is 108 Å². The molecule has 0 N–H and O–H groups in total. The van der Waals surface area contributed by atoms with Gasteiger partial charge in [0.2, 0.25) is 17.7 Å². The molecule has 0 bridgehead atoms. The van der Waals surface area contributed by atoms with Crippen LogP contribution in [0.2, 0.25) is 4.34 Å². The fraction of sp³-hybridized carbons (Fsp3) is 0.500. The summed E-state index contributed by atoms with van der Waals surface area (Å²) in [5.74, 6) is 8.66. The summed E-state index contributed by atoms with van der Waals surface area (Å²) in [6, 6.07) is 13.3. The van der Waals surface area contributed by atoms with Gasteiger partial charge in [-0.15, -0.1) is 16.4 Å². The first-order valence-corrected chi connectivity index (χ1v) is 37.6. The largest absolute Gasteiger partial charge is 0.471 e. The van der Waals surface area contributed by atoms with Crippen LogP contribution in [0.1, 0.15) is 90.1 Å². The molecule has 12 rings (SSSR count). The number of piperazine rings is 3. The van der Waals surface area contributed by atoms with Gasteiger partial charge in [0.15, 0.2) is 5.69 Å². The van der Waals surface area contributed by atoms with E-state index in [9.17, 15) is 75.3 Å². The molecule has 3 unspecified atom stereocenters. The number of carbonyl (C=O) groups is 3. The van der Waals surface area contributed by atoms with E-state index in [0.717, 1.165) is 17.3 Å². The lowest BCUT2D eigenvalue weighted by Gasteiger charge is -2.43. The molecule has 0 aliphatic carbocycles.